The minimum Gasteiger partial charge on any atom is -0.493 e. The van der Waals surface area contributed by atoms with E-state index in [0.29, 0.717) is 24.0 Å². The number of amides is 1. The van der Waals surface area contributed by atoms with E-state index >= 15 is 0 Å². The summed E-state index contributed by atoms with van der Waals surface area (Å²) >= 11 is 0. The summed E-state index contributed by atoms with van der Waals surface area (Å²) in [4.78, 5) is 12.5. The lowest BCUT2D eigenvalue weighted by molar-refractivity contribution is 0.0952. The Morgan fingerprint density at radius 1 is 1.21 bits per heavy atom. The highest BCUT2D eigenvalue weighted by Crippen LogP contribution is 2.35. The molecule has 0 saturated heterocycles. The second-order valence-electron chi connectivity index (χ2n) is 5.89. The van der Waals surface area contributed by atoms with Crippen LogP contribution in [0.5, 0.6) is 11.5 Å². The van der Waals surface area contributed by atoms with Gasteiger partial charge < -0.3 is 14.8 Å². The summed E-state index contributed by atoms with van der Waals surface area (Å²) in [6, 6.07) is 2.97. The molecule has 136 valence electrons. The molecule has 0 radical (unpaired) electrons. The molecule has 0 aliphatic heterocycles. The summed E-state index contributed by atoms with van der Waals surface area (Å²) in [7, 11) is 0.762. The van der Waals surface area contributed by atoms with E-state index in [9.17, 15) is 13.2 Å². The number of nitrogens with zero attached hydrogens (tertiary/aromatic N) is 1. The molecule has 0 bridgehead atoms. The molecule has 0 atom stereocenters. The Kier molecular flexibility index (Phi) is 6.89. The highest BCUT2D eigenvalue weighted by Gasteiger charge is 2.23. The van der Waals surface area contributed by atoms with E-state index in [2.05, 4.69) is 19.2 Å². The van der Waals surface area contributed by atoms with Crippen LogP contribution in [0.2, 0.25) is 0 Å². The van der Waals surface area contributed by atoms with Gasteiger partial charge in [0.1, 0.15) is 0 Å². The highest BCUT2D eigenvalue weighted by molar-refractivity contribution is 7.92. The average molecular weight is 358 g/mol. The third-order valence-electron chi connectivity index (χ3n) is 3.59. The van der Waals surface area contributed by atoms with Crippen molar-refractivity contribution < 1.29 is 22.7 Å². The molecular formula is C16H26N2O5S. The average Bonchev–Trinajstić information content (AvgIpc) is 2.51. The van der Waals surface area contributed by atoms with Crippen molar-refractivity contribution in [3.8, 4) is 11.5 Å². The first-order chi connectivity index (χ1) is 11.1. The molecule has 0 saturated carbocycles. The zero-order valence-electron chi connectivity index (χ0n) is 15.0. The standard InChI is InChI=1S/C16H26N2O5S/c1-11(2)7-8-17-16(19)12-9-14(22-4)15(23-5)10-13(12)18(3)24(6,20)21/h9-11H,7-8H2,1-6H3,(H,17,19). The summed E-state index contributed by atoms with van der Waals surface area (Å²) in [5.41, 5.74) is 0.446. The molecule has 0 fully saturated rings. The van der Waals surface area contributed by atoms with Gasteiger partial charge in [0.2, 0.25) is 10.0 Å². The van der Waals surface area contributed by atoms with Gasteiger partial charge in [0.15, 0.2) is 11.5 Å². The molecule has 1 amide bonds. The van der Waals surface area contributed by atoms with Gasteiger partial charge in [-0.05, 0) is 18.4 Å². The number of nitrogens with one attached hydrogen (secondary N) is 1. The molecule has 1 rings (SSSR count). The number of sulfonamides is 1. The Bertz CT molecular complexity index is 686. The summed E-state index contributed by atoms with van der Waals surface area (Å²) in [6.07, 6.45) is 1.90. The minimum atomic E-state index is -3.53. The van der Waals surface area contributed by atoms with Crippen molar-refractivity contribution in [3.63, 3.8) is 0 Å². The maximum atomic E-state index is 12.5. The van der Waals surface area contributed by atoms with Crippen molar-refractivity contribution in [2.24, 2.45) is 5.92 Å². The Morgan fingerprint density at radius 3 is 2.21 bits per heavy atom. The lowest BCUT2D eigenvalue weighted by Gasteiger charge is -2.22. The van der Waals surface area contributed by atoms with Crippen LogP contribution in [0.25, 0.3) is 0 Å². The van der Waals surface area contributed by atoms with E-state index in [0.717, 1.165) is 17.0 Å². The fourth-order valence-electron chi connectivity index (χ4n) is 2.06. The van der Waals surface area contributed by atoms with Crippen LogP contribution in [0.15, 0.2) is 12.1 Å². The summed E-state index contributed by atoms with van der Waals surface area (Å²) < 4.78 is 35.2. The second kappa shape index (κ2) is 8.23. The predicted octanol–water partition coefficient (Wildman–Crippen LogP) is 1.88. The highest BCUT2D eigenvalue weighted by atomic mass is 32.2. The van der Waals surface area contributed by atoms with Crippen molar-refractivity contribution in [1.82, 2.24) is 5.32 Å². The van der Waals surface area contributed by atoms with Crippen LogP contribution < -0.4 is 19.1 Å². The van der Waals surface area contributed by atoms with Crippen molar-refractivity contribution in [2.75, 3.05) is 38.4 Å². The van der Waals surface area contributed by atoms with E-state index in [1.165, 1.54) is 33.4 Å². The van der Waals surface area contributed by atoms with Crippen molar-refractivity contribution in [2.45, 2.75) is 20.3 Å². The molecule has 1 aromatic rings. The number of anilines is 1. The van der Waals surface area contributed by atoms with E-state index in [1.54, 1.807) is 0 Å². The quantitative estimate of drug-likeness (QED) is 0.767. The SMILES string of the molecule is COc1cc(C(=O)NCCC(C)C)c(N(C)S(C)(=O)=O)cc1OC. The van der Waals surface area contributed by atoms with E-state index in [-0.39, 0.29) is 17.2 Å². The summed E-state index contributed by atoms with van der Waals surface area (Å²) in [5, 5.41) is 2.81. The van der Waals surface area contributed by atoms with Gasteiger partial charge in [0.05, 0.1) is 31.7 Å². The Labute approximate surface area is 144 Å². The molecule has 1 N–H and O–H groups in total. The topological polar surface area (TPSA) is 84.9 Å². The number of hydrogen-bond acceptors (Lipinski definition) is 5. The van der Waals surface area contributed by atoms with Crippen LogP contribution in [0.1, 0.15) is 30.6 Å². The van der Waals surface area contributed by atoms with Crippen LogP contribution in [0.3, 0.4) is 0 Å². The summed E-state index contributed by atoms with van der Waals surface area (Å²) in [6.45, 7) is 4.63. The number of ether oxygens (including phenoxy) is 2. The predicted molar refractivity (Wildman–Crippen MR) is 94.6 cm³/mol. The minimum absolute atomic E-state index is 0.212. The Hall–Kier alpha value is -1.96. The van der Waals surface area contributed by atoms with Crippen molar-refractivity contribution in [1.29, 1.82) is 0 Å². The number of hydrogen-bond donors (Lipinski definition) is 1. The van der Waals surface area contributed by atoms with Crippen molar-refractivity contribution in [3.05, 3.63) is 17.7 Å². The van der Waals surface area contributed by atoms with E-state index in [1.807, 2.05) is 0 Å². The van der Waals surface area contributed by atoms with Gasteiger partial charge in [0, 0.05) is 19.7 Å². The molecule has 24 heavy (non-hydrogen) atoms. The number of carbonyl (C=O) groups is 1. The molecule has 0 heterocycles. The van der Waals surface area contributed by atoms with Gasteiger partial charge in [-0.3, -0.25) is 9.10 Å². The van der Waals surface area contributed by atoms with Crippen LogP contribution in [-0.2, 0) is 10.0 Å². The zero-order valence-corrected chi connectivity index (χ0v) is 15.9. The second-order valence-corrected chi connectivity index (χ2v) is 7.91. The van der Waals surface area contributed by atoms with E-state index in [4.69, 9.17) is 9.47 Å². The Balaban J connectivity index is 3.31. The first kappa shape index (κ1) is 20.1. The molecule has 1 aromatic carbocycles. The van der Waals surface area contributed by atoms with Gasteiger partial charge >= 0.3 is 0 Å². The van der Waals surface area contributed by atoms with Crippen LogP contribution in [0.4, 0.5) is 5.69 Å². The molecule has 0 aliphatic carbocycles. The summed E-state index contributed by atoms with van der Waals surface area (Å²) in [5.74, 6) is 0.801. The first-order valence-corrected chi connectivity index (χ1v) is 9.44. The first-order valence-electron chi connectivity index (χ1n) is 7.60. The van der Waals surface area contributed by atoms with Crippen molar-refractivity contribution >= 4 is 21.6 Å². The Morgan fingerprint density at radius 2 is 1.75 bits per heavy atom. The molecule has 7 nitrogen and oxygen atoms in total. The van der Waals surface area contributed by atoms with Gasteiger partial charge in [-0.15, -0.1) is 0 Å². The number of carbonyl (C=O) groups excluding carboxylic acids is 1. The van der Waals surface area contributed by atoms with Crippen LogP contribution in [0, 0.1) is 5.92 Å². The third-order valence-corrected chi connectivity index (χ3v) is 4.78. The molecule has 8 heteroatoms. The number of benzene rings is 1. The molecule has 0 spiro atoms. The lowest BCUT2D eigenvalue weighted by Crippen LogP contribution is -2.30. The van der Waals surface area contributed by atoms with Crippen LogP contribution >= 0.6 is 0 Å². The van der Waals surface area contributed by atoms with Gasteiger partial charge in [-0.2, -0.15) is 0 Å². The normalized spacial score (nSPS) is 11.3. The fraction of sp³-hybridized carbons (Fsp3) is 0.562. The smallest absolute Gasteiger partial charge is 0.253 e. The van der Waals surface area contributed by atoms with Crippen LogP contribution in [-0.4, -0.2) is 48.4 Å². The molecule has 0 aromatic heterocycles. The maximum Gasteiger partial charge on any atom is 0.253 e. The van der Waals surface area contributed by atoms with E-state index < -0.39 is 10.0 Å². The van der Waals surface area contributed by atoms with Gasteiger partial charge in [-0.25, -0.2) is 8.42 Å². The molecule has 0 unspecified atom stereocenters. The molecule has 0 aliphatic rings. The maximum absolute atomic E-state index is 12.5. The van der Waals surface area contributed by atoms with Gasteiger partial charge in [-0.1, -0.05) is 13.8 Å². The monoisotopic (exact) mass is 358 g/mol. The van der Waals surface area contributed by atoms with Gasteiger partial charge in [0.25, 0.3) is 5.91 Å². The largest absolute Gasteiger partial charge is 0.493 e. The lowest BCUT2D eigenvalue weighted by atomic mass is 10.1. The fourth-order valence-corrected chi connectivity index (χ4v) is 2.57. The number of rotatable bonds is 8. The molecular weight excluding hydrogens is 332 g/mol. The number of methoxy groups -OCH3 is 2. The third kappa shape index (κ3) is 5.02. The zero-order chi connectivity index (χ0) is 18.5.